The Morgan fingerprint density at radius 3 is 3.00 bits per heavy atom. The topological polar surface area (TPSA) is 98.0 Å². The number of nitrogens with zero attached hydrogens (tertiary/aromatic N) is 3. The second kappa shape index (κ2) is 8.59. The molecule has 0 saturated heterocycles. The minimum Gasteiger partial charge on any atom is -0.301 e. The first-order chi connectivity index (χ1) is 11.1. The predicted octanol–water partition coefficient (Wildman–Crippen LogP) is 3.87. The van der Waals surface area contributed by atoms with Crippen LogP contribution in [0.15, 0.2) is 28.6 Å². The van der Waals surface area contributed by atoms with Crippen molar-refractivity contribution in [1.29, 1.82) is 0 Å². The number of unbranched alkanes of at least 4 members (excludes halogenated alkanes) is 1. The first-order valence-electron chi connectivity index (χ1n) is 7.08. The predicted molar refractivity (Wildman–Crippen MR) is 90.7 cm³/mol. The molecule has 2 aromatic rings. The number of aromatic nitrogens is 2. The summed E-state index contributed by atoms with van der Waals surface area (Å²) in [6.45, 7) is 2.03. The van der Waals surface area contributed by atoms with Crippen LogP contribution in [0.3, 0.4) is 0 Å². The first kappa shape index (κ1) is 17.4. The number of rotatable bonds is 8. The lowest BCUT2D eigenvalue weighted by Gasteiger charge is -1.99. The van der Waals surface area contributed by atoms with Crippen molar-refractivity contribution in [2.24, 2.45) is 0 Å². The molecule has 1 heterocycles. The van der Waals surface area contributed by atoms with E-state index in [-0.39, 0.29) is 11.6 Å². The second-order valence-electron chi connectivity index (χ2n) is 4.74. The molecule has 1 aromatic carbocycles. The summed E-state index contributed by atoms with van der Waals surface area (Å²) < 4.78 is 0.710. The summed E-state index contributed by atoms with van der Waals surface area (Å²) >= 11 is 2.73. The van der Waals surface area contributed by atoms with Gasteiger partial charge in [-0.15, -0.1) is 10.2 Å². The molecular weight excluding hydrogens is 336 g/mol. The number of hydrogen-bond donors (Lipinski definition) is 1. The van der Waals surface area contributed by atoms with Gasteiger partial charge in [0.2, 0.25) is 11.0 Å². The molecule has 0 radical (unpaired) electrons. The Labute approximate surface area is 141 Å². The molecule has 1 aromatic heterocycles. The molecule has 1 amide bonds. The van der Waals surface area contributed by atoms with Crippen molar-refractivity contribution in [3.8, 4) is 0 Å². The molecule has 7 nitrogen and oxygen atoms in total. The van der Waals surface area contributed by atoms with Crippen LogP contribution in [0.1, 0.15) is 31.7 Å². The van der Waals surface area contributed by atoms with E-state index in [2.05, 4.69) is 15.5 Å². The highest BCUT2D eigenvalue weighted by Gasteiger charge is 2.10. The largest absolute Gasteiger partial charge is 0.301 e. The molecule has 2 rings (SSSR count). The summed E-state index contributed by atoms with van der Waals surface area (Å²) in [5, 5.41) is 21.9. The average Bonchev–Trinajstić information content (AvgIpc) is 2.98. The van der Waals surface area contributed by atoms with Gasteiger partial charge in [-0.1, -0.05) is 48.6 Å². The summed E-state index contributed by atoms with van der Waals surface area (Å²) in [6.07, 6.45) is 2.29. The number of thioether (sulfide) groups is 1. The smallest absolute Gasteiger partial charge is 0.269 e. The highest BCUT2D eigenvalue weighted by Crippen LogP contribution is 2.29. The fourth-order valence-corrected chi connectivity index (χ4v) is 3.45. The van der Waals surface area contributed by atoms with Crippen molar-refractivity contribution in [3.05, 3.63) is 39.9 Å². The molecule has 0 saturated carbocycles. The molecule has 0 fully saturated rings. The van der Waals surface area contributed by atoms with Crippen LogP contribution in [-0.4, -0.2) is 21.0 Å². The fraction of sp³-hybridized carbons (Fsp3) is 0.357. The van der Waals surface area contributed by atoms with Crippen molar-refractivity contribution in [2.75, 3.05) is 5.32 Å². The number of non-ortho nitro benzene ring substituents is 1. The zero-order valence-electron chi connectivity index (χ0n) is 12.5. The van der Waals surface area contributed by atoms with Crippen LogP contribution in [0.5, 0.6) is 0 Å². The van der Waals surface area contributed by atoms with Gasteiger partial charge in [0.25, 0.3) is 5.69 Å². The average molecular weight is 352 g/mol. The van der Waals surface area contributed by atoms with E-state index in [1.54, 1.807) is 12.1 Å². The lowest BCUT2D eigenvalue weighted by Crippen LogP contribution is -2.10. The van der Waals surface area contributed by atoms with E-state index in [0.717, 1.165) is 18.4 Å². The van der Waals surface area contributed by atoms with Crippen molar-refractivity contribution in [2.45, 2.75) is 36.3 Å². The molecule has 122 valence electrons. The molecular formula is C14H16N4O3S2. The lowest BCUT2D eigenvalue weighted by molar-refractivity contribution is -0.384. The molecule has 9 heteroatoms. The maximum Gasteiger partial charge on any atom is 0.269 e. The number of nitrogens with one attached hydrogen (secondary N) is 1. The second-order valence-corrected chi connectivity index (χ2v) is 6.94. The van der Waals surface area contributed by atoms with Gasteiger partial charge in [0.05, 0.1) is 4.92 Å². The SMILES string of the molecule is CCCCC(=O)Nc1nnc(SCc2cccc([N+](=O)[O-])c2)s1. The van der Waals surface area contributed by atoms with Crippen LogP contribution in [0.2, 0.25) is 0 Å². The summed E-state index contributed by atoms with van der Waals surface area (Å²) in [4.78, 5) is 22.0. The zero-order chi connectivity index (χ0) is 16.7. The van der Waals surface area contributed by atoms with E-state index >= 15 is 0 Å². The van der Waals surface area contributed by atoms with Gasteiger partial charge in [-0.2, -0.15) is 0 Å². The Balaban J connectivity index is 1.88. The Bertz CT molecular complexity index is 690. The maximum atomic E-state index is 11.6. The van der Waals surface area contributed by atoms with Crippen LogP contribution in [0.4, 0.5) is 10.8 Å². The summed E-state index contributed by atoms with van der Waals surface area (Å²) in [7, 11) is 0. The number of hydrogen-bond acceptors (Lipinski definition) is 7. The molecule has 1 N–H and O–H groups in total. The van der Waals surface area contributed by atoms with Crippen LogP contribution in [0.25, 0.3) is 0 Å². The van der Waals surface area contributed by atoms with Gasteiger partial charge in [-0.05, 0) is 12.0 Å². The molecule has 0 aliphatic rings. The van der Waals surface area contributed by atoms with Gasteiger partial charge in [0, 0.05) is 24.3 Å². The highest BCUT2D eigenvalue weighted by molar-refractivity contribution is 8.00. The lowest BCUT2D eigenvalue weighted by atomic mass is 10.2. The van der Waals surface area contributed by atoms with E-state index in [0.29, 0.717) is 21.6 Å². The third kappa shape index (κ3) is 5.61. The van der Waals surface area contributed by atoms with E-state index in [9.17, 15) is 14.9 Å². The minimum absolute atomic E-state index is 0.0572. The Morgan fingerprint density at radius 1 is 1.43 bits per heavy atom. The van der Waals surface area contributed by atoms with Crippen LogP contribution in [-0.2, 0) is 10.5 Å². The Hall–Kier alpha value is -2.00. The van der Waals surface area contributed by atoms with Gasteiger partial charge >= 0.3 is 0 Å². The van der Waals surface area contributed by atoms with Crippen LogP contribution < -0.4 is 5.32 Å². The molecule has 23 heavy (non-hydrogen) atoms. The number of nitro benzene ring substituents is 1. The van der Waals surface area contributed by atoms with Gasteiger partial charge < -0.3 is 5.32 Å². The van der Waals surface area contributed by atoms with E-state index in [4.69, 9.17) is 0 Å². The van der Waals surface area contributed by atoms with Crippen molar-refractivity contribution in [1.82, 2.24) is 10.2 Å². The summed E-state index contributed by atoms with van der Waals surface area (Å²) in [5.74, 6) is 0.498. The number of benzene rings is 1. The van der Waals surface area contributed by atoms with Gasteiger partial charge in [0.1, 0.15) is 0 Å². The Morgan fingerprint density at radius 2 is 2.26 bits per heavy atom. The normalized spacial score (nSPS) is 10.5. The summed E-state index contributed by atoms with van der Waals surface area (Å²) in [6, 6.07) is 6.49. The molecule has 0 aliphatic carbocycles. The van der Waals surface area contributed by atoms with Crippen molar-refractivity contribution in [3.63, 3.8) is 0 Å². The quantitative estimate of drug-likeness (QED) is 0.335. The summed E-state index contributed by atoms with van der Waals surface area (Å²) in [5.41, 5.74) is 0.914. The Kier molecular flexibility index (Phi) is 6.48. The van der Waals surface area contributed by atoms with Crippen molar-refractivity contribution >= 4 is 39.8 Å². The number of nitro groups is 1. The van der Waals surface area contributed by atoms with Gasteiger partial charge in [-0.3, -0.25) is 14.9 Å². The molecule has 0 aliphatic heterocycles. The third-order valence-corrected chi connectivity index (χ3v) is 4.94. The first-order valence-corrected chi connectivity index (χ1v) is 8.88. The number of carbonyl (C=O) groups is 1. The number of carbonyl (C=O) groups excluding carboxylic acids is 1. The third-order valence-electron chi connectivity index (χ3n) is 2.89. The van der Waals surface area contributed by atoms with E-state index in [1.807, 2.05) is 13.0 Å². The monoisotopic (exact) mass is 352 g/mol. The van der Waals surface area contributed by atoms with E-state index < -0.39 is 4.92 Å². The molecule has 0 spiro atoms. The van der Waals surface area contributed by atoms with Gasteiger partial charge in [-0.25, -0.2) is 0 Å². The van der Waals surface area contributed by atoms with Gasteiger partial charge in [0.15, 0.2) is 4.34 Å². The minimum atomic E-state index is -0.414. The van der Waals surface area contributed by atoms with E-state index in [1.165, 1.54) is 29.2 Å². The molecule has 0 atom stereocenters. The highest BCUT2D eigenvalue weighted by atomic mass is 32.2. The number of anilines is 1. The maximum absolute atomic E-state index is 11.6. The number of amides is 1. The molecule has 0 unspecified atom stereocenters. The van der Waals surface area contributed by atoms with Crippen molar-refractivity contribution < 1.29 is 9.72 Å². The fourth-order valence-electron chi connectivity index (χ4n) is 1.74. The van der Waals surface area contributed by atoms with Crippen LogP contribution >= 0.6 is 23.1 Å². The molecule has 0 bridgehead atoms. The standard InChI is InChI=1S/C14H16N4O3S2/c1-2-3-7-12(19)15-13-16-17-14(23-13)22-9-10-5-4-6-11(8-10)18(20)21/h4-6,8H,2-3,7,9H2,1H3,(H,15,16,19). The zero-order valence-corrected chi connectivity index (χ0v) is 14.2. The van der Waals surface area contributed by atoms with Crippen LogP contribution in [0, 0.1) is 10.1 Å².